The van der Waals surface area contributed by atoms with Crippen molar-refractivity contribution >= 4 is 23.4 Å². The number of carbonyl (C=O) groups excluding carboxylic acids is 2. The highest BCUT2D eigenvalue weighted by atomic mass is 35.5. The van der Waals surface area contributed by atoms with E-state index in [0.29, 0.717) is 6.42 Å². The smallest absolute Gasteiger partial charge is 0.240 e. The molecule has 1 atom stereocenters. The number of carbonyl (C=O) groups is 2. The van der Waals surface area contributed by atoms with Crippen molar-refractivity contribution in [1.82, 2.24) is 5.32 Å². The van der Waals surface area contributed by atoms with E-state index >= 15 is 0 Å². The van der Waals surface area contributed by atoms with Crippen molar-refractivity contribution in [1.29, 1.82) is 0 Å². The predicted octanol–water partition coefficient (Wildman–Crippen LogP) is 0.438. The van der Waals surface area contributed by atoms with E-state index < -0.39 is 17.9 Å². The molecular formula is C11H13ClN2O2. The molecular weight excluding hydrogens is 228 g/mol. The molecule has 0 saturated heterocycles. The predicted molar refractivity (Wildman–Crippen MR) is 62.0 cm³/mol. The Hall–Kier alpha value is -1.55. The molecule has 16 heavy (non-hydrogen) atoms. The van der Waals surface area contributed by atoms with Crippen LogP contribution in [0.25, 0.3) is 0 Å². The van der Waals surface area contributed by atoms with Crippen molar-refractivity contribution in [3.05, 3.63) is 35.9 Å². The Morgan fingerprint density at radius 3 is 2.44 bits per heavy atom. The summed E-state index contributed by atoms with van der Waals surface area (Å²) in [5.74, 6) is -1.15. The van der Waals surface area contributed by atoms with Crippen LogP contribution < -0.4 is 11.1 Å². The highest BCUT2D eigenvalue weighted by molar-refractivity contribution is 6.27. The van der Waals surface area contributed by atoms with Crippen molar-refractivity contribution in [3.8, 4) is 0 Å². The zero-order chi connectivity index (χ0) is 12.0. The molecule has 0 saturated carbocycles. The number of halogens is 1. The van der Waals surface area contributed by atoms with Gasteiger partial charge in [-0.2, -0.15) is 0 Å². The number of benzene rings is 1. The molecule has 0 fully saturated rings. The van der Waals surface area contributed by atoms with Gasteiger partial charge in [-0.05, 0) is 5.56 Å². The van der Waals surface area contributed by atoms with E-state index in [-0.39, 0.29) is 5.88 Å². The van der Waals surface area contributed by atoms with Gasteiger partial charge in [-0.1, -0.05) is 30.3 Å². The SMILES string of the molecule is NC(=O)C(Cc1ccccc1)NC(=O)CCl. The maximum atomic E-state index is 11.1. The van der Waals surface area contributed by atoms with Gasteiger partial charge in [-0.3, -0.25) is 9.59 Å². The Balaban J connectivity index is 2.65. The maximum Gasteiger partial charge on any atom is 0.240 e. The maximum absolute atomic E-state index is 11.1. The second-order valence-electron chi connectivity index (χ2n) is 3.35. The van der Waals surface area contributed by atoms with Gasteiger partial charge in [0.25, 0.3) is 0 Å². The first-order valence-corrected chi connectivity index (χ1v) is 5.35. The van der Waals surface area contributed by atoms with Crippen LogP contribution in [0.1, 0.15) is 5.56 Å². The van der Waals surface area contributed by atoms with Crippen LogP contribution in [0.5, 0.6) is 0 Å². The van der Waals surface area contributed by atoms with Crippen LogP contribution in [-0.4, -0.2) is 23.7 Å². The van der Waals surface area contributed by atoms with E-state index in [9.17, 15) is 9.59 Å². The van der Waals surface area contributed by atoms with Crippen LogP contribution >= 0.6 is 11.6 Å². The van der Waals surface area contributed by atoms with E-state index in [1.807, 2.05) is 30.3 Å². The molecule has 3 N–H and O–H groups in total. The molecule has 1 aromatic rings. The minimum atomic E-state index is -0.714. The van der Waals surface area contributed by atoms with Gasteiger partial charge >= 0.3 is 0 Å². The molecule has 0 aliphatic heterocycles. The van der Waals surface area contributed by atoms with Crippen molar-refractivity contribution < 1.29 is 9.59 Å². The van der Waals surface area contributed by atoms with E-state index in [4.69, 9.17) is 17.3 Å². The summed E-state index contributed by atoms with van der Waals surface area (Å²) in [5.41, 5.74) is 6.12. The van der Waals surface area contributed by atoms with Crippen LogP contribution in [0.3, 0.4) is 0 Å². The van der Waals surface area contributed by atoms with Gasteiger partial charge in [-0.15, -0.1) is 11.6 Å². The fourth-order valence-electron chi connectivity index (χ4n) is 1.31. The average Bonchev–Trinajstić information content (AvgIpc) is 2.29. The zero-order valence-electron chi connectivity index (χ0n) is 8.65. The first-order valence-electron chi connectivity index (χ1n) is 4.82. The number of alkyl halides is 1. The van der Waals surface area contributed by atoms with E-state index in [2.05, 4.69) is 5.32 Å². The highest BCUT2D eigenvalue weighted by Gasteiger charge is 2.17. The topological polar surface area (TPSA) is 72.2 Å². The lowest BCUT2D eigenvalue weighted by atomic mass is 10.1. The fourth-order valence-corrected chi connectivity index (χ4v) is 1.38. The molecule has 0 heterocycles. The minimum Gasteiger partial charge on any atom is -0.368 e. The van der Waals surface area contributed by atoms with Crippen molar-refractivity contribution in [2.45, 2.75) is 12.5 Å². The summed E-state index contributed by atoms with van der Waals surface area (Å²) in [6, 6.07) is 8.60. The molecule has 1 unspecified atom stereocenters. The molecule has 1 aromatic carbocycles. The average molecular weight is 241 g/mol. The lowest BCUT2D eigenvalue weighted by molar-refractivity contribution is -0.126. The van der Waals surface area contributed by atoms with Gasteiger partial charge in [0.05, 0.1) is 0 Å². The molecule has 0 aliphatic rings. The largest absolute Gasteiger partial charge is 0.368 e. The summed E-state index contributed by atoms with van der Waals surface area (Å²) in [7, 11) is 0. The Morgan fingerprint density at radius 1 is 1.31 bits per heavy atom. The van der Waals surface area contributed by atoms with E-state index in [1.165, 1.54) is 0 Å². The number of primary amides is 1. The summed E-state index contributed by atoms with van der Waals surface area (Å²) in [5, 5.41) is 2.47. The molecule has 2 amide bonds. The molecule has 0 spiro atoms. The molecule has 1 rings (SSSR count). The molecule has 4 nitrogen and oxygen atoms in total. The van der Waals surface area contributed by atoms with Crippen molar-refractivity contribution in [3.63, 3.8) is 0 Å². The summed E-state index contributed by atoms with van der Waals surface area (Å²) >= 11 is 5.34. The third kappa shape index (κ3) is 3.90. The molecule has 0 bridgehead atoms. The molecule has 5 heteroatoms. The third-order valence-electron chi connectivity index (χ3n) is 2.08. The molecule has 0 radical (unpaired) electrons. The first-order chi connectivity index (χ1) is 7.63. The number of nitrogens with one attached hydrogen (secondary N) is 1. The summed E-state index contributed by atoms with van der Waals surface area (Å²) in [6.45, 7) is 0. The second-order valence-corrected chi connectivity index (χ2v) is 3.61. The highest BCUT2D eigenvalue weighted by Crippen LogP contribution is 2.03. The van der Waals surface area contributed by atoms with Crippen LogP contribution in [-0.2, 0) is 16.0 Å². The zero-order valence-corrected chi connectivity index (χ0v) is 9.41. The van der Waals surface area contributed by atoms with Crippen LogP contribution in [0, 0.1) is 0 Å². The van der Waals surface area contributed by atoms with Crippen LogP contribution in [0.15, 0.2) is 30.3 Å². The lowest BCUT2D eigenvalue weighted by Gasteiger charge is -2.14. The third-order valence-corrected chi connectivity index (χ3v) is 2.33. The van der Waals surface area contributed by atoms with Gasteiger partial charge < -0.3 is 11.1 Å². The molecule has 0 aliphatic carbocycles. The van der Waals surface area contributed by atoms with Gasteiger partial charge in [0.15, 0.2) is 0 Å². The fraction of sp³-hybridized carbons (Fsp3) is 0.273. The first kappa shape index (κ1) is 12.5. The van der Waals surface area contributed by atoms with Gasteiger partial charge in [0.2, 0.25) is 11.8 Å². The Kier molecular flexibility index (Phi) is 4.79. The van der Waals surface area contributed by atoms with Crippen LogP contribution in [0.4, 0.5) is 0 Å². The standard InChI is InChI=1S/C11H13ClN2O2/c12-7-10(15)14-9(11(13)16)6-8-4-2-1-3-5-8/h1-5,9H,6-7H2,(H2,13,16)(H,14,15). The molecule has 0 aromatic heterocycles. The monoisotopic (exact) mass is 240 g/mol. The second kappa shape index (κ2) is 6.12. The number of amides is 2. The Labute approximate surface area is 98.8 Å². The van der Waals surface area contributed by atoms with Crippen LogP contribution in [0.2, 0.25) is 0 Å². The summed E-state index contributed by atoms with van der Waals surface area (Å²) in [4.78, 5) is 22.2. The van der Waals surface area contributed by atoms with Gasteiger partial charge in [0, 0.05) is 6.42 Å². The van der Waals surface area contributed by atoms with Gasteiger partial charge in [0.1, 0.15) is 11.9 Å². The normalized spacial score (nSPS) is 11.8. The number of rotatable bonds is 5. The Morgan fingerprint density at radius 2 is 1.94 bits per heavy atom. The summed E-state index contributed by atoms with van der Waals surface area (Å²) in [6.07, 6.45) is 0.374. The van der Waals surface area contributed by atoms with Crippen molar-refractivity contribution in [2.24, 2.45) is 5.73 Å². The minimum absolute atomic E-state index is 0.182. The number of hydrogen-bond donors (Lipinski definition) is 2. The Bertz CT molecular complexity index is 368. The number of nitrogens with two attached hydrogens (primary N) is 1. The molecule has 86 valence electrons. The van der Waals surface area contributed by atoms with E-state index in [0.717, 1.165) is 5.56 Å². The van der Waals surface area contributed by atoms with E-state index in [1.54, 1.807) is 0 Å². The van der Waals surface area contributed by atoms with Crippen molar-refractivity contribution in [2.75, 3.05) is 5.88 Å². The quantitative estimate of drug-likeness (QED) is 0.733. The van der Waals surface area contributed by atoms with Gasteiger partial charge in [-0.25, -0.2) is 0 Å². The summed E-state index contributed by atoms with van der Waals surface area (Å²) < 4.78 is 0. The lowest BCUT2D eigenvalue weighted by Crippen LogP contribution is -2.46. The number of hydrogen-bond acceptors (Lipinski definition) is 2.